The molecule has 1 aromatic rings. The molecule has 1 nitrogen and oxygen atoms in total. The van der Waals surface area contributed by atoms with E-state index in [2.05, 4.69) is 28.1 Å². The van der Waals surface area contributed by atoms with Gasteiger partial charge in [-0.3, -0.25) is 0 Å². The Morgan fingerprint density at radius 1 is 1.31 bits per heavy atom. The van der Waals surface area contributed by atoms with Crippen molar-refractivity contribution in [3.05, 3.63) is 29.8 Å². The van der Waals surface area contributed by atoms with Gasteiger partial charge in [0, 0.05) is 5.56 Å². The van der Waals surface area contributed by atoms with Gasteiger partial charge in [-0.25, -0.2) is 0 Å². The Balaban J connectivity index is 2.38. The number of methoxy groups -OCH3 is 1. The standard InChI is InChI=1S/C11H13BrO/c1-13-10-6-3-2-5-9(10)11(12)7-4-8-11/h2-3,5-6H,4,7-8H2,1H3. The molecule has 1 aliphatic carbocycles. The number of alkyl halides is 1. The smallest absolute Gasteiger partial charge is 0.123 e. The van der Waals surface area contributed by atoms with Crippen LogP contribution in [0.25, 0.3) is 0 Å². The molecule has 1 aromatic carbocycles. The van der Waals surface area contributed by atoms with E-state index in [1.807, 2.05) is 12.1 Å². The summed E-state index contributed by atoms with van der Waals surface area (Å²) in [6.07, 6.45) is 3.74. The molecular formula is C11H13BrO. The molecule has 0 spiro atoms. The highest BCUT2D eigenvalue weighted by molar-refractivity contribution is 9.09. The zero-order valence-corrected chi connectivity index (χ0v) is 9.30. The van der Waals surface area contributed by atoms with Crippen LogP contribution in [0.5, 0.6) is 5.75 Å². The molecule has 0 unspecified atom stereocenters. The zero-order chi connectivity index (χ0) is 9.31. The number of hydrogen-bond acceptors (Lipinski definition) is 1. The Morgan fingerprint density at radius 3 is 2.54 bits per heavy atom. The van der Waals surface area contributed by atoms with Crippen molar-refractivity contribution < 1.29 is 4.74 Å². The second kappa shape index (κ2) is 3.33. The van der Waals surface area contributed by atoms with E-state index in [1.165, 1.54) is 24.8 Å². The van der Waals surface area contributed by atoms with Crippen LogP contribution in [0, 0.1) is 0 Å². The molecule has 0 heterocycles. The zero-order valence-electron chi connectivity index (χ0n) is 7.72. The summed E-state index contributed by atoms with van der Waals surface area (Å²) in [4.78, 5) is 0. The van der Waals surface area contributed by atoms with Crippen molar-refractivity contribution in [3.8, 4) is 5.75 Å². The van der Waals surface area contributed by atoms with Crippen LogP contribution in [0.2, 0.25) is 0 Å². The van der Waals surface area contributed by atoms with Gasteiger partial charge in [0.15, 0.2) is 0 Å². The molecule has 2 rings (SSSR count). The van der Waals surface area contributed by atoms with Gasteiger partial charge in [-0.1, -0.05) is 34.1 Å². The Hall–Kier alpha value is -0.500. The minimum Gasteiger partial charge on any atom is -0.496 e. The summed E-state index contributed by atoms with van der Waals surface area (Å²) in [5, 5.41) is 0. The molecule has 1 aliphatic rings. The fourth-order valence-electron chi connectivity index (χ4n) is 1.77. The minimum absolute atomic E-state index is 0.194. The molecule has 0 bridgehead atoms. The highest BCUT2D eigenvalue weighted by Crippen LogP contribution is 2.51. The van der Waals surface area contributed by atoms with E-state index < -0.39 is 0 Å². The van der Waals surface area contributed by atoms with E-state index in [1.54, 1.807) is 7.11 Å². The molecule has 1 fully saturated rings. The number of rotatable bonds is 2. The van der Waals surface area contributed by atoms with Crippen molar-refractivity contribution in [2.75, 3.05) is 7.11 Å². The first-order valence-electron chi connectivity index (χ1n) is 4.59. The van der Waals surface area contributed by atoms with E-state index in [0.717, 1.165) is 5.75 Å². The number of benzene rings is 1. The van der Waals surface area contributed by atoms with Crippen LogP contribution in [-0.2, 0) is 4.32 Å². The van der Waals surface area contributed by atoms with Crippen molar-refractivity contribution in [2.24, 2.45) is 0 Å². The molecule has 0 saturated heterocycles. The first kappa shape index (κ1) is 9.07. The molecule has 0 N–H and O–H groups in total. The average molecular weight is 241 g/mol. The van der Waals surface area contributed by atoms with Gasteiger partial charge in [-0.15, -0.1) is 0 Å². The van der Waals surface area contributed by atoms with Crippen LogP contribution in [0.3, 0.4) is 0 Å². The molecule has 13 heavy (non-hydrogen) atoms. The summed E-state index contributed by atoms with van der Waals surface area (Å²) in [6.45, 7) is 0. The van der Waals surface area contributed by atoms with Gasteiger partial charge >= 0.3 is 0 Å². The van der Waals surface area contributed by atoms with Gasteiger partial charge in [0.05, 0.1) is 11.4 Å². The predicted molar refractivity (Wildman–Crippen MR) is 57.5 cm³/mol. The Bertz CT molecular complexity index is 305. The molecule has 0 radical (unpaired) electrons. The molecule has 0 aromatic heterocycles. The number of ether oxygens (including phenoxy) is 1. The van der Waals surface area contributed by atoms with Crippen molar-refractivity contribution in [3.63, 3.8) is 0 Å². The van der Waals surface area contributed by atoms with Crippen LogP contribution in [0.1, 0.15) is 24.8 Å². The van der Waals surface area contributed by atoms with Crippen molar-refractivity contribution in [2.45, 2.75) is 23.6 Å². The lowest BCUT2D eigenvalue weighted by Gasteiger charge is -2.37. The minimum atomic E-state index is 0.194. The maximum absolute atomic E-state index is 5.34. The Morgan fingerprint density at radius 2 is 2.00 bits per heavy atom. The summed E-state index contributed by atoms with van der Waals surface area (Å²) >= 11 is 3.79. The van der Waals surface area contributed by atoms with E-state index in [-0.39, 0.29) is 4.32 Å². The number of hydrogen-bond donors (Lipinski definition) is 0. The summed E-state index contributed by atoms with van der Waals surface area (Å²) < 4.78 is 5.53. The highest BCUT2D eigenvalue weighted by Gasteiger charge is 2.37. The largest absolute Gasteiger partial charge is 0.496 e. The first-order valence-corrected chi connectivity index (χ1v) is 5.38. The normalized spacial score (nSPS) is 19.2. The summed E-state index contributed by atoms with van der Waals surface area (Å²) in [7, 11) is 1.73. The van der Waals surface area contributed by atoms with Crippen LogP contribution in [0.15, 0.2) is 24.3 Å². The number of halogens is 1. The fraction of sp³-hybridized carbons (Fsp3) is 0.455. The monoisotopic (exact) mass is 240 g/mol. The van der Waals surface area contributed by atoms with Gasteiger partial charge in [-0.2, -0.15) is 0 Å². The average Bonchev–Trinajstić information content (AvgIpc) is 2.14. The third kappa shape index (κ3) is 1.48. The molecule has 1 saturated carbocycles. The van der Waals surface area contributed by atoms with Gasteiger partial charge in [0.2, 0.25) is 0 Å². The number of para-hydroxylation sites is 1. The molecule has 0 atom stereocenters. The highest BCUT2D eigenvalue weighted by atomic mass is 79.9. The summed E-state index contributed by atoms with van der Waals surface area (Å²) in [5.74, 6) is 0.999. The van der Waals surface area contributed by atoms with Crippen LogP contribution >= 0.6 is 15.9 Å². The molecule has 2 heteroatoms. The van der Waals surface area contributed by atoms with E-state index in [0.29, 0.717) is 0 Å². The van der Waals surface area contributed by atoms with E-state index >= 15 is 0 Å². The second-order valence-electron chi connectivity index (χ2n) is 3.52. The van der Waals surface area contributed by atoms with Crippen LogP contribution in [0.4, 0.5) is 0 Å². The van der Waals surface area contributed by atoms with Gasteiger partial charge in [0.1, 0.15) is 5.75 Å². The van der Waals surface area contributed by atoms with Crippen molar-refractivity contribution in [1.29, 1.82) is 0 Å². The third-order valence-corrected chi connectivity index (χ3v) is 3.96. The van der Waals surface area contributed by atoms with Crippen molar-refractivity contribution >= 4 is 15.9 Å². The van der Waals surface area contributed by atoms with E-state index in [9.17, 15) is 0 Å². The van der Waals surface area contributed by atoms with Crippen LogP contribution < -0.4 is 4.74 Å². The topological polar surface area (TPSA) is 9.23 Å². The maximum atomic E-state index is 5.34. The maximum Gasteiger partial charge on any atom is 0.123 e. The van der Waals surface area contributed by atoms with Gasteiger partial charge < -0.3 is 4.74 Å². The van der Waals surface area contributed by atoms with Gasteiger partial charge in [-0.05, 0) is 25.3 Å². The van der Waals surface area contributed by atoms with Crippen molar-refractivity contribution in [1.82, 2.24) is 0 Å². The lowest BCUT2D eigenvalue weighted by Crippen LogP contribution is -2.27. The van der Waals surface area contributed by atoms with Gasteiger partial charge in [0.25, 0.3) is 0 Å². The quantitative estimate of drug-likeness (QED) is 0.720. The molecule has 70 valence electrons. The molecular weight excluding hydrogens is 228 g/mol. The third-order valence-electron chi connectivity index (χ3n) is 2.74. The summed E-state index contributed by atoms with van der Waals surface area (Å²) in [5.41, 5.74) is 1.30. The lowest BCUT2D eigenvalue weighted by molar-refractivity contribution is 0.352. The fourth-order valence-corrected chi connectivity index (χ4v) is 2.66. The Kier molecular flexibility index (Phi) is 2.33. The second-order valence-corrected chi connectivity index (χ2v) is 5.04. The van der Waals surface area contributed by atoms with Crippen LogP contribution in [-0.4, -0.2) is 7.11 Å². The Labute approximate surface area is 87.2 Å². The lowest BCUT2D eigenvalue weighted by atomic mass is 9.79. The molecule has 0 aliphatic heterocycles. The first-order chi connectivity index (χ1) is 6.26. The summed E-state index contributed by atoms with van der Waals surface area (Å²) in [6, 6.07) is 8.25. The SMILES string of the molecule is COc1ccccc1C1(Br)CCC1. The predicted octanol–water partition coefficient (Wildman–Crippen LogP) is 3.47. The van der Waals surface area contributed by atoms with E-state index in [4.69, 9.17) is 4.74 Å². The molecule has 0 amide bonds.